The van der Waals surface area contributed by atoms with E-state index >= 15 is 0 Å². The Labute approximate surface area is 193 Å². The summed E-state index contributed by atoms with van der Waals surface area (Å²) in [7, 11) is 0. The zero-order valence-corrected chi connectivity index (χ0v) is 18.9. The second-order valence-electron chi connectivity index (χ2n) is 7.88. The summed E-state index contributed by atoms with van der Waals surface area (Å²) in [6.45, 7) is 2.08. The van der Waals surface area contributed by atoms with Crippen LogP contribution in [-0.4, -0.2) is 25.5 Å². The number of unbranched alkanes of at least 4 members (excludes halogenated alkanes) is 1. The van der Waals surface area contributed by atoms with Crippen LogP contribution in [-0.2, 0) is 13.0 Å². The Balaban J connectivity index is 1.98. The van der Waals surface area contributed by atoms with E-state index in [2.05, 4.69) is 17.0 Å². The summed E-state index contributed by atoms with van der Waals surface area (Å²) < 4.78 is 41.3. The lowest BCUT2D eigenvalue weighted by Gasteiger charge is -2.12. The molecular formula is C24H22ClF3N4O. The number of hydrogen-bond acceptors (Lipinski definition) is 3. The molecule has 0 unspecified atom stereocenters. The number of benzene rings is 2. The first-order valence-electron chi connectivity index (χ1n) is 10.6. The van der Waals surface area contributed by atoms with Crippen molar-refractivity contribution in [3.8, 4) is 16.9 Å². The fourth-order valence-corrected chi connectivity index (χ4v) is 4.01. The molecule has 2 heterocycles. The van der Waals surface area contributed by atoms with Crippen molar-refractivity contribution < 1.29 is 13.2 Å². The summed E-state index contributed by atoms with van der Waals surface area (Å²) in [6.07, 6.45) is -1.47. The summed E-state index contributed by atoms with van der Waals surface area (Å²) >= 11 is 6.40. The molecule has 2 aromatic heterocycles. The molecule has 0 N–H and O–H groups in total. The van der Waals surface area contributed by atoms with Gasteiger partial charge < -0.3 is 0 Å². The summed E-state index contributed by atoms with van der Waals surface area (Å²) in [4.78, 5) is 17.4. The first-order chi connectivity index (χ1) is 15.7. The normalized spacial score (nSPS) is 11.9. The molecular weight excluding hydrogens is 453 g/mol. The molecule has 33 heavy (non-hydrogen) atoms. The quantitative estimate of drug-likeness (QED) is 0.338. The van der Waals surface area contributed by atoms with E-state index in [1.165, 1.54) is 17.2 Å². The number of para-hydroxylation sites is 1. The van der Waals surface area contributed by atoms with Gasteiger partial charge >= 0.3 is 6.18 Å². The van der Waals surface area contributed by atoms with Crippen LogP contribution in [0.2, 0.25) is 5.02 Å². The number of nitrogens with zero attached hydrogens (tertiary/aromatic N) is 4. The van der Waals surface area contributed by atoms with Crippen LogP contribution in [0.1, 0.15) is 31.2 Å². The maximum atomic E-state index is 13.1. The minimum absolute atomic E-state index is 0.0376. The molecule has 9 heteroatoms. The molecule has 5 nitrogen and oxygen atoms in total. The molecule has 0 aliphatic heterocycles. The van der Waals surface area contributed by atoms with Crippen LogP contribution in [0.15, 0.2) is 53.3 Å². The average molecular weight is 475 g/mol. The van der Waals surface area contributed by atoms with Crippen LogP contribution >= 0.6 is 11.6 Å². The van der Waals surface area contributed by atoms with Gasteiger partial charge in [-0.15, -0.1) is 0 Å². The standard InChI is InChI=1S/C24H22ClF3N4O/c1-3-4-7-16-10-12-17(13-11-16)22-20-21(30-32(22)19-9-6-5-8-18(19)25)23(33)31(15(2)29-20)14-24(26,27)28/h5-6,8-13H,3-4,7,14H2,1-2H3. The largest absolute Gasteiger partial charge is 0.406 e. The summed E-state index contributed by atoms with van der Waals surface area (Å²) in [5, 5.41) is 4.78. The topological polar surface area (TPSA) is 52.7 Å². The van der Waals surface area contributed by atoms with Crippen LogP contribution in [0, 0.1) is 6.92 Å². The van der Waals surface area contributed by atoms with Crippen molar-refractivity contribution in [2.24, 2.45) is 0 Å². The molecule has 4 rings (SSSR count). The molecule has 0 saturated carbocycles. The Morgan fingerprint density at radius 2 is 1.73 bits per heavy atom. The van der Waals surface area contributed by atoms with E-state index in [-0.39, 0.29) is 16.9 Å². The van der Waals surface area contributed by atoms with Gasteiger partial charge in [0.25, 0.3) is 5.56 Å². The molecule has 0 spiro atoms. The Hall–Kier alpha value is -3.13. The predicted octanol–water partition coefficient (Wildman–Crippen LogP) is 6.12. The molecule has 0 atom stereocenters. The Morgan fingerprint density at radius 3 is 2.36 bits per heavy atom. The minimum atomic E-state index is -4.56. The summed E-state index contributed by atoms with van der Waals surface area (Å²) in [6, 6.07) is 14.8. The molecule has 0 saturated heterocycles. The first-order valence-corrected chi connectivity index (χ1v) is 11.0. The van der Waals surface area contributed by atoms with Crippen molar-refractivity contribution in [2.45, 2.75) is 45.8 Å². The van der Waals surface area contributed by atoms with Crippen molar-refractivity contribution in [3.05, 3.63) is 75.3 Å². The van der Waals surface area contributed by atoms with Crippen LogP contribution < -0.4 is 5.56 Å². The van der Waals surface area contributed by atoms with Gasteiger partial charge in [-0.3, -0.25) is 9.36 Å². The maximum absolute atomic E-state index is 13.1. The van der Waals surface area contributed by atoms with Gasteiger partial charge in [-0.25, -0.2) is 9.67 Å². The number of halogens is 4. The number of hydrogen-bond donors (Lipinski definition) is 0. The molecule has 172 valence electrons. The highest BCUT2D eigenvalue weighted by Gasteiger charge is 2.31. The fraction of sp³-hybridized carbons (Fsp3) is 0.292. The lowest BCUT2D eigenvalue weighted by Crippen LogP contribution is -2.30. The Morgan fingerprint density at radius 1 is 1.03 bits per heavy atom. The molecule has 0 aliphatic rings. The molecule has 0 aliphatic carbocycles. The number of fused-ring (bicyclic) bond motifs is 1. The van der Waals surface area contributed by atoms with Crippen LogP contribution in [0.5, 0.6) is 0 Å². The van der Waals surface area contributed by atoms with Gasteiger partial charge in [0, 0.05) is 5.56 Å². The number of aromatic nitrogens is 4. The van der Waals surface area contributed by atoms with E-state index in [0.29, 0.717) is 21.0 Å². The van der Waals surface area contributed by atoms with Crippen LogP contribution in [0.4, 0.5) is 13.2 Å². The van der Waals surface area contributed by atoms with E-state index in [4.69, 9.17) is 11.6 Å². The number of aryl methyl sites for hydroxylation is 2. The number of rotatable bonds is 6. The van der Waals surface area contributed by atoms with Crippen molar-refractivity contribution in [2.75, 3.05) is 0 Å². The monoisotopic (exact) mass is 474 g/mol. The van der Waals surface area contributed by atoms with Crippen molar-refractivity contribution in [3.63, 3.8) is 0 Å². The zero-order valence-electron chi connectivity index (χ0n) is 18.2. The van der Waals surface area contributed by atoms with Crippen molar-refractivity contribution >= 4 is 22.6 Å². The molecule has 0 amide bonds. The Kier molecular flexibility index (Phi) is 6.30. The fourth-order valence-electron chi connectivity index (χ4n) is 3.79. The van der Waals surface area contributed by atoms with E-state index in [1.807, 2.05) is 24.3 Å². The van der Waals surface area contributed by atoms with E-state index in [0.717, 1.165) is 24.8 Å². The van der Waals surface area contributed by atoms with Gasteiger partial charge in [-0.1, -0.05) is 61.3 Å². The highest BCUT2D eigenvalue weighted by Crippen LogP contribution is 2.32. The van der Waals surface area contributed by atoms with Gasteiger partial charge in [0.05, 0.1) is 10.7 Å². The zero-order chi connectivity index (χ0) is 23.8. The van der Waals surface area contributed by atoms with Gasteiger partial charge in [0.2, 0.25) is 0 Å². The lowest BCUT2D eigenvalue weighted by atomic mass is 10.0. The van der Waals surface area contributed by atoms with Gasteiger partial charge in [0.15, 0.2) is 5.52 Å². The third-order valence-corrected chi connectivity index (χ3v) is 5.76. The Bertz CT molecular complexity index is 1360. The minimum Gasteiger partial charge on any atom is -0.286 e. The van der Waals surface area contributed by atoms with Crippen molar-refractivity contribution in [1.29, 1.82) is 0 Å². The molecule has 4 aromatic rings. The van der Waals surface area contributed by atoms with Gasteiger partial charge in [-0.05, 0) is 37.5 Å². The highest BCUT2D eigenvalue weighted by atomic mass is 35.5. The highest BCUT2D eigenvalue weighted by molar-refractivity contribution is 6.32. The van der Waals surface area contributed by atoms with Gasteiger partial charge in [-0.2, -0.15) is 18.3 Å². The second kappa shape index (κ2) is 9.02. The first kappa shape index (κ1) is 23.0. The molecule has 2 aromatic carbocycles. The predicted molar refractivity (Wildman–Crippen MR) is 123 cm³/mol. The van der Waals surface area contributed by atoms with E-state index < -0.39 is 18.3 Å². The molecule has 0 radical (unpaired) electrons. The number of alkyl halides is 3. The van der Waals surface area contributed by atoms with E-state index in [1.54, 1.807) is 24.3 Å². The van der Waals surface area contributed by atoms with Crippen LogP contribution in [0.25, 0.3) is 28.0 Å². The van der Waals surface area contributed by atoms with Crippen LogP contribution in [0.3, 0.4) is 0 Å². The van der Waals surface area contributed by atoms with E-state index in [9.17, 15) is 18.0 Å². The SMILES string of the molecule is CCCCc1ccc(-c2c3nc(C)n(CC(F)(F)F)c(=O)c3nn2-c2ccccc2Cl)cc1. The third kappa shape index (κ3) is 4.66. The van der Waals surface area contributed by atoms with Gasteiger partial charge in [0.1, 0.15) is 23.6 Å². The molecule has 0 fully saturated rings. The third-order valence-electron chi connectivity index (χ3n) is 5.44. The molecule has 0 bridgehead atoms. The maximum Gasteiger partial charge on any atom is 0.406 e. The second-order valence-corrected chi connectivity index (χ2v) is 8.28. The smallest absolute Gasteiger partial charge is 0.286 e. The average Bonchev–Trinajstić information content (AvgIpc) is 3.14. The summed E-state index contributed by atoms with van der Waals surface area (Å²) in [5.74, 6) is -0.0376. The lowest BCUT2D eigenvalue weighted by molar-refractivity contribution is -0.141. The summed E-state index contributed by atoms with van der Waals surface area (Å²) in [5.41, 5.74) is 2.15. The van der Waals surface area contributed by atoms with Crippen molar-refractivity contribution in [1.82, 2.24) is 19.3 Å².